The lowest BCUT2D eigenvalue weighted by Gasteiger charge is -2.41. The van der Waals surface area contributed by atoms with Crippen molar-refractivity contribution in [1.29, 1.82) is 0 Å². The molecular formula is C9H2F15I. The van der Waals surface area contributed by atoms with Crippen LogP contribution in [-0.2, 0) is 0 Å². The molecule has 0 radical (unpaired) electrons. The summed E-state index contributed by atoms with van der Waals surface area (Å²) in [6, 6.07) is 0. The van der Waals surface area contributed by atoms with Crippen LogP contribution < -0.4 is 0 Å². The molecule has 0 aliphatic rings. The van der Waals surface area contributed by atoms with E-state index in [-0.39, 0.29) is 4.08 Å². The van der Waals surface area contributed by atoms with Gasteiger partial charge in [0.1, 0.15) is 0 Å². The molecule has 16 heteroatoms. The second-order valence-electron chi connectivity index (χ2n) is 4.29. The molecule has 0 bridgehead atoms. The fraction of sp³-hybridized carbons (Fsp3) is 0.778. The zero-order chi connectivity index (χ0) is 20.9. The number of alkyl halides is 15. The van der Waals surface area contributed by atoms with E-state index in [0.717, 1.165) is 0 Å². The van der Waals surface area contributed by atoms with Gasteiger partial charge in [0.25, 0.3) is 0 Å². The van der Waals surface area contributed by atoms with Crippen LogP contribution in [0.4, 0.5) is 65.9 Å². The number of hydrogen-bond acceptors (Lipinski definition) is 0. The molecule has 0 saturated heterocycles. The maximum absolute atomic E-state index is 13.0. The van der Waals surface area contributed by atoms with Crippen LogP contribution in [0.1, 0.15) is 0 Å². The quantitative estimate of drug-likeness (QED) is 0.284. The first-order valence-electron chi connectivity index (χ1n) is 5.17. The van der Waals surface area contributed by atoms with Gasteiger partial charge in [0.2, 0.25) is 0 Å². The lowest BCUT2D eigenvalue weighted by Crippen LogP contribution is -2.72. The van der Waals surface area contributed by atoms with E-state index in [4.69, 9.17) is 0 Å². The van der Waals surface area contributed by atoms with E-state index in [0.29, 0.717) is 22.6 Å². The van der Waals surface area contributed by atoms with Gasteiger partial charge in [0.05, 0.1) is 0 Å². The fourth-order valence-electron chi connectivity index (χ4n) is 1.16. The molecule has 0 heterocycles. The predicted octanol–water partition coefficient (Wildman–Crippen LogP) is 6.31. The van der Waals surface area contributed by atoms with E-state index in [1.54, 1.807) is 0 Å². The van der Waals surface area contributed by atoms with Crippen molar-refractivity contribution in [2.45, 2.75) is 41.7 Å². The van der Waals surface area contributed by atoms with Gasteiger partial charge in [-0.3, -0.25) is 0 Å². The summed E-state index contributed by atoms with van der Waals surface area (Å²) in [5.74, 6) is -46.2. The monoisotopic (exact) mass is 522 g/mol. The largest absolute Gasteiger partial charge is 0.460 e. The summed E-state index contributed by atoms with van der Waals surface area (Å²) in [5.41, 5.74) is 0. The summed E-state index contributed by atoms with van der Waals surface area (Å²) < 4.78 is 189. The van der Waals surface area contributed by atoms with Crippen LogP contribution in [0.25, 0.3) is 0 Å². The Kier molecular flexibility index (Phi) is 6.10. The second kappa shape index (κ2) is 6.24. The molecule has 0 unspecified atom stereocenters. The van der Waals surface area contributed by atoms with Crippen molar-refractivity contribution in [3.05, 3.63) is 10.2 Å². The van der Waals surface area contributed by atoms with Gasteiger partial charge in [0.15, 0.2) is 0 Å². The van der Waals surface area contributed by atoms with Crippen molar-refractivity contribution in [1.82, 2.24) is 0 Å². The summed E-state index contributed by atoms with van der Waals surface area (Å²) in [6.07, 6.45) is -8.76. The van der Waals surface area contributed by atoms with E-state index in [9.17, 15) is 65.9 Å². The highest BCUT2D eigenvalue weighted by Gasteiger charge is 2.93. The molecule has 0 saturated carbocycles. The van der Waals surface area contributed by atoms with Crippen molar-refractivity contribution in [2.24, 2.45) is 0 Å². The SMILES string of the molecule is FC(F)(F)C(F)(F)C(F)(F)C(F)(F)C(F)(F)C(F)(F)C(F)(F)C=CI. The zero-order valence-corrected chi connectivity index (χ0v) is 12.9. The highest BCUT2D eigenvalue weighted by molar-refractivity contribution is 14.1. The second-order valence-corrected chi connectivity index (χ2v) is 5.00. The fourth-order valence-corrected chi connectivity index (χ4v) is 1.61. The molecule has 150 valence electrons. The summed E-state index contributed by atoms with van der Waals surface area (Å²) in [7, 11) is 0. The van der Waals surface area contributed by atoms with Gasteiger partial charge < -0.3 is 0 Å². The average Bonchev–Trinajstić information content (AvgIpc) is 2.35. The molecule has 0 amide bonds. The Bertz CT molecular complexity index is 514. The molecule has 0 fully saturated rings. The molecule has 0 aromatic heterocycles. The Hall–Kier alpha value is -0.580. The number of hydrogen-bond donors (Lipinski definition) is 0. The molecule has 0 spiro atoms. The Balaban J connectivity index is 6.49. The Morgan fingerprint density at radius 2 is 0.720 bits per heavy atom. The molecule has 0 rings (SSSR count). The van der Waals surface area contributed by atoms with E-state index in [1.807, 2.05) is 0 Å². The van der Waals surface area contributed by atoms with E-state index >= 15 is 0 Å². The summed E-state index contributed by atoms with van der Waals surface area (Å²) >= 11 is 0.698. The summed E-state index contributed by atoms with van der Waals surface area (Å²) in [4.78, 5) is 0. The van der Waals surface area contributed by atoms with Crippen LogP contribution in [0.5, 0.6) is 0 Å². The molecule has 0 nitrogen and oxygen atoms in total. The van der Waals surface area contributed by atoms with Crippen LogP contribution in [0.3, 0.4) is 0 Å². The van der Waals surface area contributed by atoms with Gasteiger partial charge in [0, 0.05) is 0 Å². The van der Waals surface area contributed by atoms with Crippen LogP contribution in [0, 0.1) is 0 Å². The van der Waals surface area contributed by atoms with Crippen LogP contribution in [0.2, 0.25) is 0 Å². The van der Waals surface area contributed by atoms with Crippen LogP contribution >= 0.6 is 22.6 Å². The third kappa shape index (κ3) is 3.26. The van der Waals surface area contributed by atoms with Gasteiger partial charge in [-0.05, 0) is 10.2 Å². The molecule has 0 aliphatic carbocycles. The Labute approximate surface area is 141 Å². The predicted molar refractivity (Wildman–Crippen MR) is 58.9 cm³/mol. The number of rotatable bonds is 6. The van der Waals surface area contributed by atoms with Gasteiger partial charge in [-0.2, -0.15) is 65.9 Å². The van der Waals surface area contributed by atoms with Gasteiger partial charge >= 0.3 is 41.7 Å². The smallest absolute Gasteiger partial charge is 0.195 e. The van der Waals surface area contributed by atoms with Gasteiger partial charge in [-0.15, -0.1) is 0 Å². The first-order valence-corrected chi connectivity index (χ1v) is 6.42. The minimum Gasteiger partial charge on any atom is -0.195 e. The first-order chi connectivity index (χ1) is 10.6. The van der Waals surface area contributed by atoms with E-state index in [2.05, 4.69) is 0 Å². The third-order valence-electron chi connectivity index (χ3n) is 2.62. The Morgan fingerprint density at radius 1 is 0.440 bits per heavy atom. The number of halogens is 16. The van der Waals surface area contributed by atoms with Crippen molar-refractivity contribution >= 4 is 22.6 Å². The van der Waals surface area contributed by atoms with Crippen molar-refractivity contribution in [3.8, 4) is 0 Å². The van der Waals surface area contributed by atoms with Gasteiger partial charge in [-0.25, -0.2) is 0 Å². The minimum absolute atomic E-state index is 0.137. The topological polar surface area (TPSA) is 0 Å². The molecular weight excluding hydrogens is 520 g/mol. The van der Waals surface area contributed by atoms with Crippen LogP contribution in [0.15, 0.2) is 10.2 Å². The highest BCUT2D eigenvalue weighted by Crippen LogP contribution is 2.62. The molecule has 0 N–H and O–H groups in total. The maximum Gasteiger partial charge on any atom is 0.460 e. The molecule has 0 aliphatic heterocycles. The standard InChI is InChI=1S/C9H2F15I/c10-3(11,1-2-25)4(12,13)5(14,15)6(16,17)7(18,19)8(20,21)9(22,23)24/h1-2H. The minimum atomic E-state index is -8.23. The maximum atomic E-state index is 13.0. The third-order valence-corrected chi connectivity index (χ3v) is 2.98. The molecule has 0 atom stereocenters. The zero-order valence-electron chi connectivity index (χ0n) is 10.7. The molecule has 0 aromatic carbocycles. The molecule has 0 aromatic rings. The summed E-state index contributed by atoms with van der Waals surface area (Å²) in [6.45, 7) is 0. The lowest BCUT2D eigenvalue weighted by atomic mass is 9.91. The van der Waals surface area contributed by atoms with Crippen molar-refractivity contribution in [2.75, 3.05) is 0 Å². The Morgan fingerprint density at radius 3 is 1.00 bits per heavy atom. The summed E-state index contributed by atoms with van der Waals surface area (Å²) in [5, 5.41) is 0. The lowest BCUT2D eigenvalue weighted by molar-refractivity contribution is -0.449. The highest BCUT2D eigenvalue weighted by atomic mass is 127. The average molecular weight is 522 g/mol. The van der Waals surface area contributed by atoms with Crippen LogP contribution in [-0.4, -0.2) is 41.7 Å². The van der Waals surface area contributed by atoms with Crippen molar-refractivity contribution in [3.63, 3.8) is 0 Å². The normalized spacial score (nSPS) is 16.6. The van der Waals surface area contributed by atoms with Gasteiger partial charge in [-0.1, -0.05) is 22.6 Å². The van der Waals surface area contributed by atoms with E-state index in [1.165, 1.54) is 0 Å². The first kappa shape index (κ1) is 24.4. The van der Waals surface area contributed by atoms with Crippen molar-refractivity contribution < 1.29 is 65.9 Å². The van der Waals surface area contributed by atoms with E-state index < -0.39 is 47.8 Å². The number of allylic oxidation sites excluding steroid dienone is 1. The molecule has 25 heavy (non-hydrogen) atoms.